The highest BCUT2D eigenvalue weighted by Gasteiger charge is 2.25. The lowest BCUT2D eigenvalue weighted by molar-refractivity contribution is -0.138. The zero-order chi connectivity index (χ0) is 12.0. The maximum atomic E-state index is 11.8. The van der Waals surface area contributed by atoms with E-state index in [4.69, 9.17) is 5.11 Å². The van der Waals surface area contributed by atoms with Crippen LogP contribution in [-0.4, -0.2) is 29.4 Å². The molecule has 1 unspecified atom stereocenters. The van der Waals surface area contributed by atoms with Crippen molar-refractivity contribution >= 4 is 24.2 Å². The zero-order valence-corrected chi connectivity index (χ0v) is 9.94. The van der Waals surface area contributed by atoms with Crippen LogP contribution in [0, 0.1) is 0 Å². The first-order valence-corrected chi connectivity index (χ1v) is 4.83. The largest absolute Gasteiger partial charge is 0.480 e. The first kappa shape index (κ1) is 15.4. The summed E-state index contributed by atoms with van der Waals surface area (Å²) < 4.78 is 0. The molecule has 0 bridgehead atoms. The smallest absolute Gasteiger partial charge is 0.328 e. The Bertz CT molecular complexity index is 392. The maximum absolute atomic E-state index is 11.8. The summed E-state index contributed by atoms with van der Waals surface area (Å²) in [5.41, 5.74) is 0.381. The maximum Gasteiger partial charge on any atom is 0.328 e. The van der Waals surface area contributed by atoms with Gasteiger partial charge in [0.25, 0.3) is 0 Å². The molecule has 0 heterocycles. The Kier molecular flexibility index (Phi) is 6.86. The van der Waals surface area contributed by atoms with E-state index < -0.39 is 17.8 Å². The van der Waals surface area contributed by atoms with E-state index in [1.807, 2.05) is 0 Å². The minimum atomic E-state index is -1.22. The molecule has 1 rings (SSSR count). The van der Waals surface area contributed by atoms with Crippen LogP contribution in [0.2, 0.25) is 0 Å². The molecule has 0 amide bonds. The van der Waals surface area contributed by atoms with E-state index in [1.54, 1.807) is 30.3 Å². The van der Waals surface area contributed by atoms with E-state index in [9.17, 15) is 9.59 Å². The van der Waals surface area contributed by atoms with Gasteiger partial charge in [-0.3, -0.25) is 14.9 Å². The van der Waals surface area contributed by atoms with Crippen LogP contribution >= 0.6 is 12.4 Å². The molecular weight excluding hydrogens is 242 g/mol. The molecule has 0 aliphatic carbocycles. The van der Waals surface area contributed by atoms with Crippen LogP contribution in [0.15, 0.2) is 43.0 Å². The van der Waals surface area contributed by atoms with Crippen LogP contribution in [0.25, 0.3) is 0 Å². The summed E-state index contributed by atoms with van der Waals surface area (Å²) in [5, 5.41) is 11.5. The first-order valence-electron chi connectivity index (χ1n) is 4.83. The number of carbonyl (C=O) groups excluding carboxylic acids is 1. The van der Waals surface area contributed by atoms with Gasteiger partial charge in [-0.25, -0.2) is 0 Å². The number of hydrogen-bond acceptors (Lipinski definition) is 3. The van der Waals surface area contributed by atoms with Crippen LogP contribution in [0.3, 0.4) is 0 Å². The summed E-state index contributed by atoms with van der Waals surface area (Å²) in [6.45, 7) is 3.73. The van der Waals surface area contributed by atoms with Crippen molar-refractivity contribution in [1.29, 1.82) is 0 Å². The number of rotatable bonds is 6. The number of carbonyl (C=O) groups is 2. The Morgan fingerprint density at radius 3 is 2.41 bits per heavy atom. The second kappa shape index (κ2) is 7.60. The molecular formula is C12H14ClNO3. The number of carboxylic acid groups (broad SMARTS) is 1. The fourth-order valence-electron chi connectivity index (χ4n) is 1.26. The average Bonchev–Trinajstić information content (AvgIpc) is 2.30. The van der Waals surface area contributed by atoms with Crippen molar-refractivity contribution in [2.75, 3.05) is 6.54 Å². The van der Waals surface area contributed by atoms with Gasteiger partial charge in [-0.1, -0.05) is 36.4 Å². The van der Waals surface area contributed by atoms with Gasteiger partial charge in [-0.05, 0) is 0 Å². The van der Waals surface area contributed by atoms with Crippen LogP contribution in [0.4, 0.5) is 0 Å². The molecule has 1 atom stereocenters. The van der Waals surface area contributed by atoms with E-state index in [-0.39, 0.29) is 19.0 Å². The highest BCUT2D eigenvalue weighted by Crippen LogP contribution is 2.03. The van der Waals surface area contributed by atoms with Crippen molar-refractivity contribution < 1.29 is 14.7 Å². The van der Waals surface area contributed by atoms with Crippen molar-refractivity contribution in [2.45, 2.75) is 6.04 Å². The van der Waals surface area contributed by atoms with E-state index in [0.717, 1.165) is 0 Å². The molecule has 0 fully saturated rings. The predicted octanol–water partition coefficient (Wildman–Crippen LogP) is 1.52. The molecule has 0 spiro atoms. The van der Waals surface area contributed by atoms with Gasteiger partial charge in [-0.15, -0.1) is 19.0 Å². The fourth-order valence-corrected chi connectivity index (χ4v) is 1.26. The molecule has 0 saturated heterocycles. The molecule has 17 heavy (non-hydrogen) atoms. The number of aliphatic carboxylic acids is 1. The third kappa shape index (κ3) is 4.38. The summed E-state index contributed by atoms with van der Waals surface area (Å²) in [4.78, 5) is 22.7. The van der Waals surface area contributed by atoms with Gasteiger partial charge in [-0.2, -0.15) is 0 Å². The second-order valence-corrected chi connectivity index (χ2v) is 3.20. The monoisotopic (exact) mass is 255 g/mol. The van der Waals surface area contributed by atoms with Crippen LogP contribution in [-0.2, 0) is 4.79 Å². The quantitative estimate of drug-likeness (QED) is 0.460. The topological polar surface area (TPSA) is 66.4 Å². The molecule has 92 valence electrons. The van der Waals surface area contributed by atoms with Crippen molar-refractivity contribution in [2.24, 2.45) is 0 Å². The van der Waals surface area contributed by atoms with Gasteiger partial charge >= 0.3 is 5.97 Å². The Morgan fingerprint density at radius 2 is 1.94 bits per heavy atom. The summed E-state index contributed by atoms with van der Waals surface area (Å²) in [5.74, 6) is -1.63. The van der Waals surface area contributed by atoms with Gasteiger partial charge in [0.1, 0.15) is 0 Å². The van der Waals surface area contributed by atoms with Crippen LogP contribution in [0.5, 0.6) is 0 Å². The molecule has 1 aromatic rings. The van der Waals surface area contributed by atoms with E-state index in [2.05, 4.69) is 11.9 Å². The van der Waals surface area contributed by atoms with Crippen molar-refractivity contribution in [3.63, 3.8) is 0 Å². The van der Waals surface area contributed by atoms with Gasteiger partial charge < -0.3 is 5.11 Å². The lowest BCUT2D eigenvalue weighted by Gasteiger charge is -2.11. The number of nitrogens with one attached hydrogen (secondary N) is 1. The Morgan fingerprint density at radius 1 is 1.35 bits per heavy atom. The molecule has 5 heteroatoms. The summed E-state index contributed by atoms with van der Waals surface area (Å²) in [7, 11) is 0. The predicted molar refractivity (Wildman–Crippen MR) is 67.6 cm³/mol. The summed E-state index contributed by atoms with van der Waals surface area (Å²) in [6, 6.07) is 7.12. The lowest BCUT2D eigenvalue weighted by atomic mass is 10.0. The number of halogens is 1. The summed E-state index contributed by atoms with van der Waals surface area (Å²) >= 11 is 0. The first-order chi connectivity index (χ1) is 7.66. The second-order valence-electron chi connectivity index (χ2n) is 3.20. The molecule has 0 aliphatic heterocycles. The van der Waals surface area contributed by atoms with Crippen molar-refractivity contribution in [3.8, 4) is 0 Å². The average molecular weight is 256 g/mol. The molecule has 0 aliphatic rings. The van der Waals surface area contributed by atoms with Gasteiger partial charge in [0.05, 0.1) is 0 Å². The summed E-state index contributed by atoms with van der Waals surface area (Å²) in [6.07, 6.45) is 1.51. The van der Waals surface area contributed by atoms with E-state index in [0.29, 0.717) is 5.56 Å². The lowest BCUT2D eigenvalue weighted by Crippen LogP contribution is -2.43. The van der Waals surface area contributed by atoms with Crippen molar-refractivity contribution in [1.82, 2.24) is 5.32 Å². The third-order valence-corrected chi connectivity index (χ3v) is 2.03. The van der Waals surface area contributed by atoms with Gasteiger partial charge in [0, 0.05) is 12.1 Å². The Labute approximate surface area is 106 Å². The van der Waals surface area contributed by atoms with E-state index in [1.165, 1.54) is 6.08 Å². The normalized spacial score (nSPS) is 11.1. The number of ketones is 1. The van der Waals surface area contributed by atoms with Crippen LogP contribution < -0.4 is 5.32 Å². The number of Topliss-reactive ketones (excluding diaryl/α,β-unsaturated/α-hetero) is 1. The Hall–Kier alpha value is -1.65. The Balaban J connectivity index is 0.00000256. The molecule has 2 N–H and O–H groups in total. The standard InChI is InChI=1S/C12H13NO3.ClH/c1-2-8-13-10(12(15)16)11(14)9-6-4-3-5-7-9;/h2-7,10,13H,1,8H2,(H,15,16);1H. The van der Waals surface area contributed by atoms with Gasteiger partial charge in [0.15, 0.2) is 11.8 Å². The van der Waals surface area contributed by atoms with E-state index >= 15 is 0 Å². The zero-order valence-electron chi connectivity index (χ0n) is 9.13. The highest BCUT2D eigenvalue weighted by atomic mass is 35.5. The highest BCUT2D eigenvalue weighted by molar-refractivity contribution is 6.11. The number of benzene rings is 1. The minimum absolute atomic E-state index is 0. The third-order valence-electron chi connectivity index (χ3n) is 2.03. The number of carboxylic acids is 1. The fraction of sp³-hybridized carbons (Fsp3) is 0.167. The molecule has 0 saturated carbocycles. The SMILES string of the molecule is C=CCNC(C(=O)O)C(=O)c1ccccc1.Cl. The molecule has 1 aromatic carbocycles. The molecule has 0 aromatic heterocycles. The van der Waals surface area contributed by atoms with Crippen molar-refractivity contribution in [3.05, 3.63) is 48.6 Å². The molecule has 4 nitrogen and oxygen atoms in total. The number of hydrogen-bond donors (Lipinski definition) is 2. The van der Waals surface area contributed by atoms with Crippen LogP contribution in [0.1, 0.15) is 10.4 Å². The van der Waals surface area contributed by atoms with Gasteiger partial charge in [0.2, 0.25) is 0 Å². The minimum Gasteiger partial charge on any atom is -0.480 e. The molecule has 0 radical (unpaired) electrons.